The summed E-state index contributed by atoms with van der Waals surface area (Å²) < 4.78 is 0. The molecule has 0 N–H and O–H groups in total. The summed E-state index contributed by atoms with van der Waals surface area (Å²) in [5, 5.41) is 0. The Labute approximate surface area is 133 Å². The van der Waals surface area contributed by atoms with Crippen LogP contribution in [0.1, 0.15) is 95.6 Å². The Kier molecular flexibility index (Phi) is 11.2. The molecule has 0 bridgehead atoms. The Morgan fingerprint density at radius 1 is 0.524 bits per heavy atom. The van der Waals surface area contributed by atoms with Crippen molar-refractivity contribution >= 4 is 0 Å². The van der Waals surface area contributed by atoms with E-state index < -0.39 is 0 Å². The number of benzene rings is 1. The van der Waals surface area contributed by atoms with Crippen molar-refractivity contribution in [3.05, 3.63) is 35.4 Å². The van der Waals surface area contributed by atoms with Crippen LogP contribution in [0, 0.1) is 0 Å². The van der Waals surface area contributed by atoms with Crippen LogP contribution in [-0.4, -0.2) is 0 Å². The van der Waals surface area contributed by atoms with Gasteiger partial charge in [-0.2, -0.15) is 0 Å². The lowest BCUT2D eigenvalue weighted by Crippen LogP contribution is -1.88. The van der Waals surface area contributed by atoms with Gasteiger partial charge >= 0.3 is 0 Å². The highest BCUT2D eigenvalue weighted by molar-refractivity contribution is 5.22. The Bertz CT molecular complexity index is 322. The average Bonchev–Trinajstić information content (AvgIpc) is 2.53. The van der Waals surface area contributed by atoms with E-state index in [9.17, 15) is 0 Å². The molecule has 0 aliphatic heterocycles. The first-order valence-corrected chi connectivity index (χ1v) is 9.44. The van der Waals surface area contributed by atoms with E-state index in [2.05, 4.69) is 38.1 Å². The largest absolute Gasteiger partial charge is 0.0654 e. The monoisotopic (exact) mass is 288 g/mol. The molecule has 0 aromatic heterocycles. The third-order valence-corrected chi connectivity index (χ3v) is 4.50. The van der Waals surface area contributed by atoms with Gasteiger partial charge in [-0.15, -0.1) is 0 Å². The van der Waals surface area contributed by atoms with Gasteiger partial charge < -0.3 is 0 Å². The third kappa shape index (κ3) is 9.72. The van der Waals surface area contributed by atoms with Crippen molar-refractivity contribution in [2.45, 2.75) is 97.3 Å². The lowest BCUT2D eigenvalue weighted by molar-refractivity contribution is 0.549. The molecule has 0 atom stereocenters. The molecule has 0 aliphatic carbocycles. The summed E-state index contributed by atoms with van der Waals surface area (Å²) in [6.45, 7) is 4.51. The van der Waals surface area contributed by atoms with Gasteiger partial charge in [-0.05, 0) is 30.4 Å². The minimum atomic E-state index is 1.15. The van der Waals surface area contributed by atoms with Gasteiger partial charge in [0.2, 0.25) is 0 Å². The van der Waals surface area contributed by atoms with E-state index in [0.717, 1.165) is 6.42 Å². The minimum Gasteiger partial charge on any atom is -0.0654 e. The molecule has 0 heterocycles. The molecule has 120 valence electrons. The van der Waals surface area contributed by atoms with Crippen LogP contribution < -0.4 is 0 Å². The van der Waals surface area contributed by atoms with Gasteiger partial charge in [-0.3, -0.25) is 0 Å². The summed E-state index contributed by atoms with van der Waals surface area (Å²) in [5.74, 6) is 0. The molecule has 1 aromatic rings. The summed E-state index contributed by atoms with van der Waals surface area (Å²) in [5.41, 5.74) is 2.97. The molecule has 0 unspecified atom stereocenters. The maximum atomic E-state index is 2.31. The van der Waals surface area contributed by atoms with Gasteiger partial charge in [-0.1, -0.05) is 102 Å². The normalized spacial score (nSPS) is 11.0. The Hall–Kier alpha value is -0.780. The van der Waals surface area contributed by atoms with Crippen LogP contribution in [0.25, 0.3) is 0 Å². The predicted octanol–water partition coefficient (Wildman–Crippen LogP) is 7.10. The zero-order valence-corrected chi connectivity index (χ0v) is 14.5. The second-order valence-corrected chi connectivity index (χ2v) is 6.46. The van der Waals surface area contributed by atoms with Crippen molar-refractivity contribution in [2.24, 2.45) is 0 Å². The van der Waals surface area contributed by atoms with Crippen molar-refractivity contribution in [2.75, 3.05) is 0 Å². The van der Waals surface area contributed by atoms with Gasteiger partial charge in [0.25, 0.3) is 0 Å². The van der Waals surface area contributed by atoms with Crippen molar-refractivity contribution in [3.63, 3.8) is 0 Å². The summed E-state index contributed by atoms with van der Waals surface area (Å²) in [6.07, 6.45) is 18.1. The minimum absolute atomic E-state index is 1.15. The Morgan fingerprint density at radius 3 is 1.43 bits per heavy atom. The lowest BCUT2D eigenvalue weighted by atomic mass is 10.0. The average molecular weight is 289 g/mol. The molecule has 0 saturated carbocycles. The van der Waals surface area contributed by atoms with E-state index in [-0.39, 0.29) is 0 Å². The smallest absolute Gasteiger partial charge is 0.0279 e. The van der Waals surface area contributed by atoms with Crippen LogP contribution >= 0.6 is 0 Å². The first-order chi connectivity index (χ1) is 10.4. The van der Waals surface area contributed by atoms with Gasteiger partial charge in [0, 0.05) is 0 Å². The van der Waals surface area contributed by atoms with Crippen molar-refractivity contribution in [1.29, 1.82) is 0 Å². The fourth-order valence-corrected chi connectivity index (χ4v) is 2.93. The highest BCUT2D eigenvalue weighted by atomic mass is 14.0. The summed E-state index contributed by atoms with van der Waals surface area (Å²) in [6, 6.07) is 9.20. The van der Waals surface area contributed by atoms with Crippen molar-refractivity contribution in [3.8, 4) is 0 Å². The van der Waals surface area contributed by atoms with Crippen molar-refractivity contribution in [1.82, 2.24) is 0 Å². The summed E-state index contributed by atoms with van der Waals surface area (Å²) in [7, 11) is 0. The first-order valence-electron chi connectivity index (χ1n) is 9.44. The molecule has 21 heavy (non-hydrogen) atoms. The second-order valence-electron chi connectivity index (χ2n) is 6.46. The molecular formula is C21H36. The maximum absolute atomic E-state index is 2.31. The van der Waals surface area contributed by atoms with E-state index >= 15 is 0 Å². The zero-order chi connectivity index (χ0) is 15.2. The number of rotatable bonds is 13. The summed E-state index contributed by atoms with van der Waals surface area (Å²) >= 11 is 0. The second kappa shape index (κ2) is 12.9. The number of unbranched alkanes of at least 4 members (excludes halogenated alkanes) is 10. The number of hydrogen-bond donors (Lipinski definition) is 0. The first kappa shape index (κ1) is 18.3. The molecule has 0 aliphatic rings. The van der Waals surface area contributed by atoms with E-state index in [4.69, 9.17) is 0 Å². The highest BCUT2D eigenvalue weighted by Gasteiger charge is 1.96. The quantitative estimate of drug-likeness (QED) is 0.339. The van der Waals surface area contributed by atoms with Gasteiger partial charge in [0.1, 0.15) is 0 Å². The molecule has 0 radical (unpaired) electrons. The number of hydrogen-bond acceptors (Lipinski definition) is 0. The van der Waals surface area contributed by atoms with Crippen LogP contribution in [-0.2, 0) is 12.8 Å². The Balaban J connectivity index is 1.88. The molecule has 1 rings (SSSR count). The van der Waals surface area contributed by atoms with E-state index in [0.29, 0.717) is 0 Å². The summed E-state index contributed by atoms with van der Waals surface area (Å²) in [4.78, 5) is 0. The number of aryl methyl sites for hydroxylation is 2. The molecule has 0 nitrogen and oxygen atoms in total. The van der Waals surface area contributed by atoms with Crippen LogP contribution in [0.2, 0.25) is 0 Å². The molecular weight excluding hydrogens is 252 g/mol. The van der Waals surface area contributed by atoms with Crippen molar-refractivity contribution < 1.29 is 0 Å². The standard InChI is InChI=1S/C21H36/c1-3-5-6-7-8-9-10-11-12-13-14-15-21-18-16-20(4-2)17-19-21/h16-19H,3-15H2,1-2H3. The SMILES string of the molecule is CCCCCCCCCCCCCc1ccc(CC)cc1. The lowest BCUT2D eigenvalue weighted by Gasteiger charge is -2.04. The van der Waals surface area contributed by atoms with Gasteiger partial charge in [-0.25, -0.2) is 0 Å². The van der Waals surface area contributed by atoms with Crippen LogP contribution in [0.4, 0.5) is 0 Å². The maximum Gasteiger partial charge on any atom is -0.0279 e. The van der Waals surface area contributed by atoms with E-state index in [1.165, 1.54) is 88.2 Å². The molecule has 0 amide bonds. The fourth-order valence-electron chi connectivity index (χ4n) is 2.93. The molecule has 0 heteroatoms. The predicted molar refractivity (Wildman–Crippen MR) is 96.0 cm³/mol. The van der Waals surface area contributed by atoms with E-state index in [1.807, 2.05) is 0 Å². The van der Waals surface area contributed by atoms with Crippen LogP contribution in [0.5, 0.6) is 0 Å². The zero-order valence-electron chi connectivity index (χ0n) is 14.5. The van der Waals surface area contributed by atoms with Gasteiger partial charge in [0.15, 0.2) is 0 Å². The fraction of sp³-hybridized carbons (Fsp3) is 0.714. The Morgan fingerprint density at radius 2 is 0.952 bits per heavy atom. The van der Waals surface area contributed by atoms with Gasteiger partial charge in [0.05, 0.1) is 0 Å². The van der Waals surface area contributed by atoms with Crippen LogP contribution in [0.3, 0.4) is 0 Å². The molecule has 0 fully saturated rings. The van der Waals surface area contributed by atoms with E-state index in [1.54, 1.807) is 0 Å². The topological polar surface area (TPSA) is 0 Å². The third-order valence-electron chi connectivity index (χ3n) is 4.50. The molecule has 1 aromatic carbocycles. The molecule has 0 spiro atoms. The highest BCUT2D eigenvalue weighted by Crippen LogP contribution is 2.13. The molecule has 0 saturated heterocycles. The van der Waals surface area contributed by atoms with Crippen LogP contribution in [0.15, 0.2) is 24.3 Å².